The molecule has 0 bridgehead atoms. The lowest BCUT2D eigenvalue weighted by Gasteiger charge is -2.41. The van der Waals surface area contributed by atoms with E-state index in [1.807, 2.05) is 30.0 Å². The van der Waals surface area contributed by atoms with Crippen LogP contribution in [0.5, 0.6) is 11.5 Å². The Morgan fingerprint density at radius 1 is 1.33 bits per heavy atom. The van der Waals surface area contributed by atoms with Crippen LogP contribution in [0.25, 0.3) is 0 Å². The summed E-state index contributed by atoms with van der Waals surface area (Å²) < 4.78 is 10.6. The third-order valence-electron chi connectivity index (χ3n) is 4.36. The Kier molecular flexibility index (Phi) is 4.73. The van der Waals surface area contributed by atoms with Crippen LogP contribution in [0.3, 0.4) is 0 Å². The zero-order valence-corrected chi connectivity index (χ0v) is 12.9. The number of rotatable bonds is 5. The molecule has 1 heterocycles. The Labute approximate surface area is 125 Å². The second-order valence-corrected chi connectivity index (χ2v) is 5.64. The monoisotopic (exact) mass is 293 g/mol. The summed E-state index contributed by atoms with van der Waals surface area (Å²) >= 11 is 0. The molecule has 1 aromatic rings. The maximum atomic E-state index is 11.6. The van der Waals surface area contributed by atoms with Gasteiger partial charge in [0.05, 0.1) is 14.2 Å². The molecule has 0 radical (unpaired) electrons. The van der Waals surface area contributed by atoms with Gasteiger partial charge in [-0.1, -0.05) is 6.07 Å². The molecule has 21 heavy (non-hydrogen) atoms. The fourth-order valence-electron chi connectivity index (χ4n) is 2.86. The van der Waals surface area contributed by atoms with E-state index in [9.17, 15) is 9.90 Å². The minimum absolute atomic E-state index is 0.565. The van der Waals surface area contributed by atoms with Crippen molar-refractivity contribution in [3.63, 3.8) is 0 Å². The van der Waals surface area contributed by atoms with Crippen LogP contribution in [0.4, 0.5) is 0 Å². The lowest BCUT2D eigenvalue weighted by Crippen LogP contribution is -2.54. The summed E-state index contributed by atoms with van der Waals surface area (Å²) in [5, 5.41) is 9.56. The standard InChI is InChI=1S/C16H23NO4/c1-16(15(18)19)8-4-5-9-17(16)11-12-6-7-13(20-2)10-14(12)21-3/h6-7,10H,4-5,8-9,11H2,1-3H3,(H,18,19). The second kappa shape index (κ2) is 6.35. The first-order chi connectivity index (χ1) is 10.0. The molecule has 1 aliphatic heterocycles. The third-order valence-corrected chi connectivity index (χ3v) is 4.36. The molecule has 5 heteroatoms. The highest BCUT2D eigenvalue weighted by atomic mass is 16.5. The summed E-state index contributed by atoms with van der Waals surface area (Å²) in [5.74, 6) is 0.706. The van der Waals surface area contributed by atoms with E-state index < -0.39 is 11.5 Å². The van der Waals surface area contributed by atoms with Crippen molar-refractivity contribution >= 4 is 5.97 Å². The molecule has 1 fully saturated rings. The number of likely N-dealkylation sites (tertiary alicyclic amines) is 1. The smallest absolute Gasteiger partial charge is 0.323 e. The number of carboxylic acids is 1. The van der Waals surface area contributed by atoms with E-state index in [0.29, 0.717) is 13.0 Å². The quantitative estimate of drug-likeness (QED) is 0.904. The number of hydrogen-bond donors (Lipinski definition) is 1. The van der Waals surface area contributed by atoms with E-state index in [-0.39, 0.29) is 0 Å². The van der Waals surface area contributed by atoms with Crippen LogP contribution >= 0.6 is 0 Å². The lowest BCUT2D eigenvalue weighted by atomic mass is 9.88. The van der Waals surface area contributed by atoms with Crippen molar-refractivity contribution in [1.82, 2.24) is 4.90 Å². The number of carbonyl (C=O) groups is 1. The molecule has 0 aromatic heterocycles. The van der Waals surface area contributed by atoms with Gasteiger partial charge in [-0.3, -0.25) is 9.69 Å². The Balaban J connectivity index is 2.25. The Hall–Kier alpha value is -1.75. The van der Waals surface area contributed by atoms with Crippen molar-refractivity contribution in [2.24, 2.45) is 0 Å². The Bertz CT molecular complexity index is 517. The van der Waals surface area contributed by atoms with Crippen LogP contribution in [0, 0.1) is 0 Å². The molecule has 1 aromatic carbocycles. The third kappa shape index (κ3) is 3.13. The molecule has 5 nitrogen and oxygen atoms in total. The maximum Gasteiger partial charge on any atom is 0.323 e. The van der Waals surface area contributed by atoms with Crippen LogP contribution in [0.2, 0.25) is 0 Å². The number of carboxylic acid groups (broad SMARTS) is 1. The van der Waals surface area contributed by atoms with Gasteiger partial charge >= 0.3 is 5.97 Å². The SMILES string of the molecule is COc1ccc(CN2CCCCC2(C)C(=O)O)c(OC)c1. The zero-order valence-electron chi connectivity index (χ0n) is 12.9. The normalized spacial score (nSPS) is 22.8. The van der Waals surface area contributed by atoms with Crippen LogP contribution in [-0.2, 0) is 11.3 Å². The minimum Gasteiger partial charge on any atom is -0.497 e. The van der Waals surface area contributed by atoms with Gasteiger partial charge in [-0.15, -0.1) is 0 Å². The van der Waals surface area contributed by atoms with Gasteiger partial charge in [-0.2, -0.15) is 0 Å². The summed E-state index contributed by atoms with van der Waals surface area (Å²) in [7, 11) is 3.23. The highest BCUT2D eigenvalue weighted by Gasteiger charge is 2.41. The maximum absolute atomic E-state index is 11.6. The average Bonchev–Trinajstić information content (AvgIpc) is 2.49. The van der Waals surface area contributed by atoms with E-state index in [1.165, 1.54) is 0 Å². The van der Waals surface area contributed by atoms with Crippen molar-refractivity contribution in [1.29, 1.82) is 0 Å². The van der Waals surface area contributed by atoms with Gasteiger partial charge in [-0.25, -0.2) is 0 Å². The molecule has 1 N–H and O–H groups in total. The van der Waals surface area contributed by atoms with Gasteiger partial charge < -0.3 is 14.6 Å². The summed E-state index contributed by atoms with van der Waals surface area (Å²) in [4.78, 5) is 13.7. The molecule has 0 spiro atoms. The number of ether oxygens (including phenoxy) is 2. The molecular weight excluding hydrogens is 270 g/mol. The molecular formula is C16H23NO4. The molecule has 2 rings (SSSR count). The fraction of sp³-hybridized carbons (Fsp3) is 0.562. The highest BCUT2D eigenvalue weighted by molar-refractivity contribution is 5.78. The first kappa shape index (κ1) is 15.6. The van der Waals surface area contributed by atoms with Crippen LogP contribution in [-0.4, -0.2) is 42.3 Å². The number of piperidine rings is 1. The van der Waals surface area contributed by atoms with E-state index in [1.54, 1.807) is 14.2 Å². The number of nitrogens with zero attached hydrogens (tertiary/aromatic N) is 1. The molecule has 1 saturated heterocycles. The van der Waals surface area contributed by atoms with E-state index >= 15 is 0 Å². The van der Waals surface area contributed by atoms with Gasteiger partial charge in [0.1, 0.15) is 17.0 Å². The minimum atomic E-state index is -0.802. The predicted molar refractivity (Wildman–Crippen MR) is 79.8 cm³/mol. The molecule has 0 aliphatic carbocycles. The van der Waals surface area contributed by atoms with Crippen molar-refractivity contribution < 1.29 is 19.4 Å². The first-order valence-electron chi connectivity index (χ1n) is 7.20. The van der Waals surface area contributed by atoms with Gasteiger partial charge in [0.15, 0.2) is 0 Å². The number of hydrogen-bond acceptors (Lipinski definition) is 4. The van der Waals surface area contributed by atoms with E-state index in [2.05, 4.69) is 0 Å². The van der Waals surface area contributed by atoms with Gasteiger partial charge in [-0.05, 0) is 38.8 Å². The van der Waals surface area contributed by atoms with E-state index in [4.69, 9.17) is 9.47 Å². The Morgan fingerprint density at radius 3 is 2.71 bits per heavy atom. The highest BCUT2D eigenvalue weighted by Crippen LogP contribution is 2.32. The van der Waals surface area contributed by atoms with Crippen LogP contribution < -0.4 is 9.47 Å². The molecule has 1 unspecified atom stereocenters. The predicted octanol–water partition coefficient (Wildman–Crippen LogP) is 2.53. The fourth-order valence-corrected chi connectivity index (χ4v) is 2.86. The topological polar surface area (TPSA) is 59.0 Å². The van der Waals surface area contributed by atoms with Gasteiger partial charge in [0.25, 0.3) is 0 Å². The average molecular weight is 293 g/mol. The van der Waals surface area contributed by atoms with Crippen molar-refractivity contribution in [3.05, 3.63) is 23.8 Å². The molecule has 0 amide bonds. The Morgan fingerprint density at radius 2 is 2.10 bits per heavy atom. The van der Waals surface area contributed by atoms with Crippen LogP contribution in [0.1, 0.15) is 31.7 Å². The van der Waals surface area contributed by atoms with Gasteiger partial charge in [0.2, 0.25) is 0 Å². The molecule has 1 aliphatic rings. The molecule has 1 atom stereocenters. The summed E-state index contributed by atoms with van der Waals surface area (Å²) in [6.07, 6.45) is 2.67. The summed E-state index contributed by atoms with van der Waals surface area (Å²) in [6.45, 7) is 3.17. The largest absolute Gasteiger partial charge is 0.497 e. The zero-order chi connectivity index (χ0) is 15.5. The summed E-state index contributed by atoms with van der Waals surface area (Å²) in [6, 6.07) is 5.64. The van der Waals surface area contributed by atoms with Crippen molar-refractivity contribution in [3.8, 4) is 11.5 Å². The summed E-state index contributed by atoms with van der Waals surface area (Å²) in [5.41, 5.74) is 0.177. The van der Waals surface area contributed by atoms with E-state index in [0.717, 1.165) is 36.4 Å². The lowest BCUT2D eigenvalue weighted by molar-refractivity contribution is -0.153. The number of aliphatic carboxylic acids is 1. The first-order valence-corrected chi connectivity index (χ1v) is 7.20. The number of benzene rings is 1. The number of methoxy groups -OCH3 is 2. The van der Waals surface area contributed by atoms with Crippen molar-refractivity contribution in [2.45, 2.75) is 38.3 Å². The molecule has 116 valence electrons. The van der Waals surface area contributed by atoms with Crippen LogP contribution in [0.15, 0.2) is 18.2 Å². The van der Waals surface area contributed by atoms with Gasteiger partial charge in [0, 0.05) is 18.2 Å². The van der Waals surface area contributed by atoms with Crippen molar-refractivity contribution in [2.75, 3.05) is 20.8 Å². The second-order valence-electron chi connectivity index (χ2n) is 5.64. The molecule has 0 saturated carbocycles.